The molecule has 0 atom stereocenters. The van der Waals surface area contributed by atoms with Gasteiger partial charge in [0.1, 0.15) is 22.1 Å². The third-order valence-electron chi connectivity index (χ3n) is 4.63. The summed E-state index contributed by atoms with van der Waals surface area (Å²) in [5, 5.41) is 0. The summed E-state index contributed by atoms with van der Waals surface area (Å²) in [5.41, 5.74) is 0.298. The predicted octanol–water partition coefficient (Wildman–Crippen LogP) is 2.74. The number of sulfonamides is 1. The van der Waals surface area contributed by atoms with Crippen molar-refractivity contribution in [3.63, 3.8) is 0 Å². The van der Waals surface area contributed by atoms with Crippen molar-refractivity contribution in [1.82, 2.24) is 9.97 Å². The Labute approximate surface area is 178 Å². The van der Waals surface area contributed by atoms with Gasteiger partial charge in [0.25, 0.3) is 10.0 Å². The number of benzene rings is 1. The van der Waals surface area contributed by atoms with E-state index in [9.17, 15) is 8.42 Å². The second-order valence-electron chi connectivity index (χ2n) is 7.08. The average molecular weight is 436 g/mol. The summed E-state index contributed by atoms with van der Waals surface area (Å²) in [5.74, 6) is 1.81. The fourth-order valence-corrected chi connectivity index (χ4v) is 4.48. The molecule has 0 bridgehead atoms. The SMILES string of the molecule is CCOc1ccc(OCC)c(S(=O)(=O)Nc2cnc(N3CCCC3)nc2N(C)C)c1. The van der Waals surface area contributed by atoms with Crippen LogP contribution in [0.1, 0.15) is 26.7 Å². The van der Waals surface area contributed by atoms with Crippen LogP contribution < -0.4 is 24.0 Å². The van der Waals surface area contributed by atoms with Gasteiger partial charge < -0.3 is 19.3 Å². The van der Waals surface area contributed by atoms with E-state index in [1.54, 1.807) is 24.0 Å². The topological polar surface area (TPSA) is 96.9 Å². The largest absolute Gasteiger partial charge is 0.494 e. The maximum absolute atomic E-state index is 13.2. The van der Waals surface area contributed by atoms with Crippen LogP contribution in [0.25, 0.3) is 0 Å². The van der Waals surface area contributed by atoms with E-state index >= 15 is 0 Å². The van der Waals surface area contributed by atoms with Crippen molar-refractivity contribution >= 4 is 27.5 Å². The molecule has 1 N–H and O–H groups in total. The molecule has 1 aromatic carbocycles. The fraction of sp³-hybridized carbons (Fsp3) is 0.500. The highest BCUT2D eigenvalue weighted by atomic mass is 32.2. The summed E-state index contributed by atoms with van der Waals surface area (Å²) in [6, 6.07) is 4.75. The van der Waals surface area contributed by atoms with E-state index in [0.29, 0.717) is 36.4 Å². The molecular formula is C20H29N5O4S. The van der Waals surface area contributed by atoms with Gasteiger partial charge in [-0.25, -0.2) is 13.4 Å². The molecule has 0 saturated carbocycles. The first-order chi connectivity index (χ1) is 14.4. The summed E-state index contributed by atoms with van der Waals surface area (Å²) >= 11 is 0. The number of nitrogens with one attached hydrogen (secondary N) is 1. The molecule has 30 heavy (non-hydrogen) atoms. The Morgan fingerprint density at radius 2 is 1.83 bits per heavy atom. The Morgan fingerprint density at radius 3 is 2.47 bits per heavy atom. The lowest BCUT2D eigenvalue weighted by atomic mass is 10.3. The molecule has 0 unspecified atom stereocenters. The minimum absolute atomic E-state index is 0.00336. The van der Waals surface area contributed by atoms with Gasteiger partial charge in [-0.1, -0.05) is 0 Å². The minimum Gasteiger partial charge on any atom is -0.494 e. The number of nitrogens with zero attached hydrogens (tertiary/aromatic N) is 4. The Balaban J connectivity index is 1.97. The molecule has 0 amide bonds. The Bertz CT molecular complexity index is 975. The predicted molar refractivity (Wildman–Crippen MR) is 117 cm³/mol. The zero-order chi connectivity index (χ0) is 21.7. The zero-order valence-corrected chi connectivity index (χ0v) is 18.7. The lowest BCUT2D eigenvalue weighted by Gasteiger charge is -2.21. The van der Waals surface area contributed by atoms with Crippen molar-refractivity contribution in [3.8, 4) is 11.5 Å². The first-order valence-corrected chi connectivity index (χ1v) is 11.6. The van der Waals surface area contributed by atoms with Crippen molar-refractivity contribution in [1.29, 1.82) is 0 Å². The number of anilines is 3. The molecule has 0 radical (unpaired) electrons. The van der Waals surface area contributed by atoms with Crippen molar-refractivity contribution in [2.45, 2.75) is 31.6 Å². The number of ether oxygens (including phenoxy) is 2. The van der Waals surface area contributed by atoms with Crippen molar-refractivity contribution < 1.29 is 17.9 Å². The molecule has 2 heterocycles. The molecule has 1 aliphatic heterocycles. The molecule has 9 nitrogen and oxygen atoms in total. The molecule has 1 aromatic heterocycles. The van der Waals surface area contributed by atoms with Crippen LogP contribution in [0.2, 0.25) is 0 Å². The van der Waals surface area contributed by atoms with Crippen LogP contribution in [0.3, 0.4) is 0 Å². The van der Waals surface area contributed by atoms with Gasteiger partial charge in [-0.15, -0.1) is 0 Å². The van der Waals surface area contributed by atoms with E-state index in [4.69, 9.17) is 9.47 Å². The zero-order valence-electron chi connectivity index (χ0n) is 17.9. The monoisotopic (exact) mass is 435 g/mol. The molecule has 10 heteroatoms. The average Bonchev–Trinajstić information content (AvgIpc) is 3.24. The first kappa shape index (κ1) is 21.9. The normalized spacial score (nSPS) is 13.9. The van der Waals surface area contributed by atoms with Gasteiger partial charge in [-0.3, -0.25) is 4.72 Å². The van der Waals surface area contributed by atoms with Crippen LogP contribution in [0.15, 0.2) is 29.3 Å². The van der Waals surface area contributed by atoms with E-state index in [1.807, 2.05) is 21.0 Å². The van der Waals surface area contributed by atoms with E-state index < -0.39 is 10.0 Å². The number of hydrogen-bond donors (Lipinski definition) is 1. The molecule has 1 fully saturated rings. The molecular weight excluding hydrogens is 406 g/mol. The molecule has 164 valence electrons. The lowest BCUT2D eigenvalue weighted by molar-refractivity contribution is 0.322. The van der Waals surface area contributed by atoms with E-state index in [-0.39, 0.29) is 10.6 Å². The summed E-state index contributed by atoms with van der Waals surface area (Å²) in [4.78, 5) is 12.9. The quantitative estimate of drug-likeness (QED) is 0.642. The van der Waals surface area contributed by atoms with Gasteiger partial charge in [0.2, 0.25) is 5.95 Å². The molecule has 2 aromatic rings. The Kier molecular flexibility index (Phi) is 6.86. The van der Waals surface area contributed by atoms with Crippen LogP contribution in [0.4, 0.5) is 17.5 Å². The summed E-state index contributed by atoms with van der Waals surface area (Å²) in [6.07, 6.45) is 3.72. The van der Waals surface area contributed by atoms with Crippen molar-refractivity contribution in [2.24, 2.45) is 0 Å². The van der Waals surface area contributed by atoms with Gasteiger partial charge in [0, 0.05) is 33.3 Å². The van der Waals surface area contributed by atoms with Crippen LogP contribution in [-0.2, 0) is 10.0 Å². The second kappa shape index (κ2) is 9.38. The maximum Gasteiger partial charge on any atom is 0.265 e. The minimum atomic E-state index is -3.97. The van der Waals surface area contributed by atoms with Crippen LogP contribution in [-0.4, -0.2) is 58.8 Å². The number of rotatable bonds is 9. The van der Waals surface area contributed by atoms with Crippen molar-refractivity contribution in [3.05, 3.63) is 24.4 Å². The molecule has 0 aliphatic carbocycles. The molecule has 1 aliphatic rings. The van der Waals surface area contributed by atoms with Crippen LogP contribution in [0.5, 0.6) is 11.5 Å². The second-order valence-corrected chi connectivity index (χ2v) is 8.73. The van der Waals surface area contributed by atoms with Crippen LogP contribution in [0, 0.1) is 0 Å². The van der Waals surface area contributed by atoms with Gasteiger partial charge in [-0.2, -0.15) is 4.98 Å². The van der Waals surface area contributed by atoms with Gasteiger partial charge in [-0.05, 0) is 38.8 Å². The standard InChI is InChI=1S/C20H29N5O4S/c1-5-28-15-9-10-17(29-6-2)18(13-15)30(26,27)23-16-14-21-20(22-19(16)24(3)4)25-11-7-8-12-25/h9-10,13-14,23H,5-8,11-12H2,1-4H3. The van der Waals surface area contributed by atoms with Gasteiger partial charge >= 0.3 is 0 Å². The maximum atomic E-state index is 13.2. The van der Waals surface area contributed by atoms with E-state index in [1.165, 1.54) is 12.3 Å². The molecule has 0 spiro atoms. The smallest absolute Gasteiger partial charge is 0.265 e. The highest BCUT2D eigenvalue weighted by Crippen LogP contribution is 2.32. The molecule has 1 saturated heterocycles. The Morgan fingerprint density at radius 1 is 1.13 bits per heavy atom. The third-order valence-corrected chi connectivity index (χ3v) is 6.02. The highest BCUT2D eigenvalue weighted by molar-refractivity contribution is 7.92. The van der Waals surface area contributed by atoms with Gasteiger partial charge in [0.15, 0.2) is 5.82 Å². The van der Waals surface area contributed by atoms with E-state index in [0.717, 1.165) is 25.9 Å². The number of hydrogen-bond acceptors (Lipinski definition) is 8. The number of aromatic nitrogens is 2. The Hall–Kier alpha value is -2.75. The molecule has 3 rings (SSSR count). The summed E-state index contributed by atoms with van der Waals surface area (Å²) < 4.78 is 40.1. The first-order valence-electron chi connectivity index (χ1n) is 10.1. The summed E-state index contributed by atoms with van der Waals surface area (Å²) in [7, 11) is -0.341. The fourth-order valence-electron chi connectivity index (χ4n) is 3.28. The third kappa shape index (κ3) is 4.86. The lowest BCUT2D eigenvalue weighted by Crippen LogP contribution is -2.24. The van der Waals surface area contributed by atoms with E-state index in [2.05, 4.69) is 19.6 Å². The van der Waals surface area contributed by atoms with Gasteiger partial charge in [0.05, 0.1) is 19.4 Å². The summed E-state index contributed by atoms with van der Waals surface area (Å²) in [6.45, 7) is 6.21. The van der Waals surface area contributed by atoms with Crippen molar-refractivity contribution in [2.75, 3.05) is 54.9 Å². The highest BCUT2D eigenvalue weighted by Gasteiger charge is 2.24. The van der Waals surface area contributed by atoms with Crippen LogP contribution >= 0.6 is 0 Å².